The minimum atomic E-state index is -0.393. The van der Waals surface area contributed by atoms with E-state index >= 15 is 0 Å². The number of cyclic esters (lactones) is 1. The Labute approximate surface area is 196 Å². The third-order valence-electron chi connectivity index (χ3n) is 10.3. The van der Waals surface area contributed by atoms with Gasteiger partial charge in [0.25, 0.3) is 0 Å². The summed E-state index contributed by atoms with van der Waals surface area (Å²) >= 11 is 0. The summed E-state index contributed by atoms with van der Waals surface area (Å²) in [4.78, 5) is 25.0. The minimum Gasteiger partial charge on any atom is -0.459 e. The molecule has 1 aliphatic heterocycles. The van der Waals surface area contributed by atoms with Crippen LogP contribution in [0.2, 0.25) is 0 Å². The molecule has 3 nitrogen and oxygen atoms in total. The van der Waals surface area contributed by atoms with Crippen molar-refractivity contribution in [3.63, 3.8) is 0 Å². The van der Waals surface area contributed by atoms with Crippen LogP contribution in [-0.2, 0) is 14.3 Å². The van der Waals surface area contributed by atoms with Crippen LogP contribution in [0.3, 0.4) is 0 Å². The first-order valence-corrected chi connectivity index (χ1v) is 13.3. The molecular formula is C29H46O3. The SMILES string of the molecule is CC(C)CC(=O)C[C@@H](C)[C@H]1CC[C@@]2(C)[C@@H]3CC[C@H]4C(C)(C)OC(=O)CC[C@]4(C)C3=CC[C@H]12. The lowest BCUT2D eigenvalue weighted by molar-refractivity contribution is -0.162. The first-order valence-electron chi connectivity index (χ1n) is 13.3. The van der Waals surface area contributed by atoms with Crippen molar-refractivity contribution in [2.75, 3.05) is 0 Å². The van der Waals surface area contributed by atoms with Crippen LogP contribution in [0.1, 0.15) is 106 Å². The number of esters is 1. The third kappa shape index (κ3) is 3.90. The summed E-state index contributed by atoms with van der Waals surface area (Å²) in [6, 6.07) is 0. The minimum absolute atomic E-state index is 0.0245. The largest absolute Gasteiger partial charge is 0.459 e. The maximum absolute atomic E-state index is 12.6. The van der Waals surface area contributed by atoms with Gasteiger partial charge in [-0.05, 0) is 92.8 Å². The molecule has 0 aromatic carbocycles. The lowest BCUT2D eigenvalue weighted by Crippen LogP contribution is -2.52. The van der Waals surface area contributed by atoms with Crippen LogP contribution >= 0.6 is 0 Å². The van der Waals surface area contributed by atoms with E-state index in [0.717, 1.165) is 32.1 Å². The van der Waals surface area contributed by atoms with Gasteiger partial charge in [0, 0.05) is 25.2 Å². The smallest absolute Gasteiger partial charge is 0.306 e. The molecule has 0 spiro atoms. The number of ketones is 1. The molecule has 3 heteroatoms. The molecule has 4 aliphatic rings. The van der Waals surface area contributed by atoms with E-state index < -0.39 is 5.60 Å². The molecule has 2 saturated carbocycles. The number of hydrogen-bond donors (Lipinski definition) is 0. The Morgan fingerprint density at radius 3 is 2.47 bits per heavy atom. The normalized spacial score (nSPS) is 41.6. The Hall–Kier alpha value is -1.12. The van der Waals surface area contributed by atoms with Crippen LogP contribution in [-0.4, -0.2) is 17.4 Å². The summed E-state index contributed by atoms with van der Waals surface area (Å²) in [5, 5.41) is 0. The molecule has 0 N–H and O–H groups in total. The molecule has 3 fully saturated rings. The quantitative estimate of drug-likeness (QED) is 0.336. The van der Waals surface area contributed by atoms with Crippen LogP contribution in [0.25, 0.3) is 0 Å². The van der Waals surface area contributed by atoms with Crippen LogP contribution in [0.15, 0.2) is 11.6 Å². The first-order chi connectivity index (χ1) is 14.9. The molecule has 1 heterocycles. The van der Waals surface area contributed by atoms with Crippen molar-refractivity contribution < 1.29 is 14.3 Å². The predicted octanol–water partition coefficient (Wildman–Crippen LogP) is 7.14. The average Bonchev–Trinajstić information content (AvgIpc) is 2.98. The van der Waals surface area contributed by atoms with Crippen molar-refractivity contribution in [2.24, 2.45) is 46.3 Å². The van der Waals surface area contributed by atoms with Crippen LogP contribution in [0, 0.1) is 46.3 Å². The second-order valence-corrected chi connectivity index (χ2v) is 13.2. The van der Waals surface area contributed by atoms with E-state index in [2.05, 4.69) is 54.5 Å². The summed E-state index contributed by atoms with van der Waals surface area (Å²) in [6.45, 7) is 15.9. The van der Waals surface area contributed by atoms with Crippen molar-refractivity contribution in [3.05, 3.63) is 11.6 Å². The Morgan fingerprint density at radius 2 is 1.78 bits per heavy atom. The monoisotopic (exact) mass is 442 g/mol. The standard InChI is InChI=1S/C29H46O3/c1-18(2)16-20(30)17-19(3)21-12-14-28(6)22(21)8-9-24-23(28)10-11-25-27(4,5)32-26(31)13-15-29(24,25)7/h9,18-19,21-23,25H,8,10-17H2,1-7H3/t19-,21-,22-,23-,25+,28-,29-/m1/s1. The number of Topliss-reactive ketones (excluding diaryl/α,β-unsaturated/α-hetero) is 1. The zero-order valence-electron chi connectivity index (χ0n) is 21.6. The summed E-state index contributed by atoms with van der Waals surface area (Å²) < 4.78 is 5.94. The van der Waals surface area contributed by atoms with E-state index in [1.807, 2.05) is 0 Å². The second kappa shape index (κ2) is 8.27. The summed E-state index contributed by atoms with van der Waals surface area (Å²) in [6.07, 6.45) is 11.6. The summed E-state index contributed by atoms with van der Waals surface area (Å²) in [5.74, 6) is 3.74. The molecule has 32 heavy (non-hydrogen) atoms. The number of ether oxygens (including phenoxy) is 1. The summed E-state index contributed by atoms with van der Waals surface area (Å²) in [7, 11) is 0. The van der Waals surface area contributed by atoms with Gasteiger partial charge in [0.15, 0.2) is 0 Å². The topological polar surface area (TPSA) is 43.4 Å². The lowest BCUT2D eigenvalue weighted by Gasteiger charge is -2.57. The van der Waals surface area contributed by atoms with Gasteiger partial charge in [-0.25, -0.2) is 0 Å². The van der Waals surface area contributed by atoms with E-state index in [0.29, 0.717) is 53.1 Å². The molecule has 0 amide bonds. The number of carbonyl (C=O) groups excluding carboxylic acids is 2. The van der Waals surface area contributed by atoms with E-state index in [9.17, 15) is 9.59 Å². The highest BCUT2D eigenvalue weighted by atomic mass is 16.6. The van der Waals surface area contributed by atoms with Crippen LogP contribution in [0.5, 0.6) is 0 Å². The molecule has 0 bridgehead atoms. The van der Waals surface area contributed by atoms with Gasteiger partial charge >= 0.3 is 5.97 Å². The van der Waals surface area contributed by atoms with Gasteiger partial charge in [-0.15, -0.1) is 0 Å². The van der Waals surface area contributed by atoms with Gasteiger partial charge in [-0.2, -0.15) is 0 Å². The highest BCUT2D eigenvalue weighted by Crippen LogP contribution is 2.67. The van der Waals surface area contributed by atoms with Gasteiger partial charge in [-0.3, -0.25) is 9.59 Å². The van der Waals surface area contributed by atoms with Crippen molar-refractivity contribution in [2.45, 2.75) is 112 Å². The number of allylic oxidation sites excluding steroid dienone is 2. The molecule has 3 aliphatic carbocycles. The maximum atomic E-state index is 12.6. The zero-order chi connectivity index (χ0) is 23.5. The number of hydrogen-bond acceptors (Lipinski definition) is 3. The zero-order valence-corrected chi connectivity index (χ0v) is 21.6. The highest BCUT2D eigenvalue weighted by molar-refractivity contribution is 5.78. The Morgan fingerprint density at radius 1 is 1.06 bits per heavy atom. The van der Waals surface area contributed by atoms with Gasteiger partial charge in [0.05, 0.1) is 0 Å². The van der Waals surface area contributed by atoms with Gasteiger partial charge < -0.3 is 4.74 Å². The van der Waals surface area contributed by atoms with E-state index in [1.54, 1.807) is 5.57 Å². The summed E-state index contributed by atoms with van der Waals surface area (Å²) in [5.41, 5.74) is 1.64. The predicted molar refractivity (Wildman–Crippen MR) is 129 cm³/mol. The van der Waals surface area contributed by atoms with Gasteiger partial charge in [0.2, 0.25) is 0 Å². The van der Waals surface area contributed by atoms with E-state index in [1.165, 1.54) is 19.3 Å². The maximum Gasteiger partial charge on any atom is 0.306 e. The van der Waals surface area contributed by atoms with Crippen LogP contribution in [0.4, 0.5) is 0 Å². The molecule has 4 rings (SSSR count). The Kier molecular flexibility index (Phi) is 6.21. The molecule has 1 saturated heterocycles. The lowest BCUT2D eigenvalue weighted by atomic mass is 9.47. The van der Waals surface area contributed by atoms with Crippen LogP contribution < -0.4 is 0 Å². The number of carbonyl (C=O) groups is 2. The highest BCUT2D eigenvalue weighted by Gasteiger charge is 2.60. The molecule has 180 valence electrons. The van der Waals surface area contributed by atoms with Crippen molar-refractivity contribution in [3.8, 4) is 0 Å². The molecule has 0 aromatic rings. The second-order valence-electron chi connectivity index (χ2n) is 13.2. The fraction of sp³-hybridized carbons (Fsp3) is 0.862. The van der Waals surface area contributed by atoms with Gasteiger partial charge in [0.1, 0.15) is 11.4 Å². The third-order valence-corrected chi connectivity index (χ3v) is 10.3. The Balaban J connectivity index is 1.59. The average molecular weight is 443 g/mol. The Bertz CT molecular complexity index is 792. The fourth-order valence-electron chi connectivity index (χ4n) is 8.89. The van der Waals surface area contributed by atoms with E-state index in [-0.39, 0.29) is 11.4 Å². The molecule has 0 aromatic heterocycles. The van der Waals surface area contributed by atoms with Crippen molar-refractivity contribution >= 4 is 11.8 Å². The fourth-order valence-corrected chi connectivity index (χ4v) is 8.89. The van der Waals surface area contributed by atoms with Crippen molar-refractivity contribution in [1.29, 1.82) is 0 Å². The molecule has 0 unspecified atom stereocenters. The number of rotatable bonds is 5. The van der Waals surface area contributed by atoms with Crippen molar-refractivity contribution in [1.82, 2.24) is 0 Å². The van der Waals surface area contributed by atoms with E-state index in [4.69, 9.17) is 4.74 Å². The first kappa shape index (κ1) is 24.0. The molecular weight excluding hydrogens is 396 g/mol. The molecule has 0 radical (unpaired) electrons. The number of fused-ring (bicyclic) bond motifs is 5. The molecule has 7 atom stereocenters. The van der Waals surface area contributed by atoms with Gasteiger partial charge in [-0.1, -0.05) is 46.3 Å².